The lowest BCUT2D eigenvalue weighted by molar-refractivity contribution is -0.116. The summed E-state index contributed by atoms with van der Waals surface area (Å²) < 4.78 is 5.46. The number of aromatic nitrogens is 6. The van der Waals surface area contributed by atoms with Crippen LogP contribution in [0.5, 0.6) is 0 Å². The summed E-state index contributed by atoms with van der Waals surface area (Å²) in [5, 5.41) is 16.2. The fraction of sp³-hybridized carbons (Fsp3) is 0.412. The quantitative estimate of drug-likeness (QED) is 0.688. The molecular weight excluding hydrogens is 354 g/mol. The third-order valence-corrected chi connectivity index (χ3v) is 4.72. The maximum atomic E-state index is 12.1. The van der Waals surface area contributed by atoms with Crippen molar-refractivity contribution >= 4 is 23.2 Å². The van der Waals surface area contributed by atoms with E-state index in [9.17, 15) is 4.79 Å². The molecule has 0 spiro atoms. The van der Waals surface area contributed by atoms with Gasteiger partial charge in [-0.1, -0.05) is 11.6 Å². The fourth-order valence-corrected chi connectivity index (χ4v) is 2.87. The van der Waals surface area contributed by atoms with Crippen molar-refractivity contribution in [3.8, 4) is 0 Å². The Bertz CT molecular complexity index is 908. The molecule has 0 saturated carbocycles. The maximum Gasteiger partial charge on any atom is 0.226 e. The Morgan fingerprint density at radius 2 is 1.88 bits per heavy atom. The summed E-state index contributed by atoms with van der Waals surface area (Å²) in [6.45, 7) is 7.92. The predicted molar refractivity (Wildman–Crippen MR) is 99.2 cm³/mol. The van der Waals surface area contributed by atoms with Crippen LogP contribution < -0.4 is 5.32 Å². The second-order valence-electron chi connectivity index (χ2n) is 6.10. The molecule has 0 unspecified atom stereocenters. The first kappa shape index (κ1) is 18.2. The van der Waals surface area contributed by atoms with E-state index >= 15 is 0 Å². The number of nitrogens with one attached hydrogen (secondary N) is 1. The summed E-state index contributed by atoms with van der Waals surface area (Å²) in [6.07, 6.45) is 7.22. The number of hydrogen-bond acceptors (Lipinski definition) is 4. The van der Waals surface area contributed by atoms with Crippen molar-refractivity contribution in [1.82, 2.24) is 29.3 Å². The Balaban J connectivity index is 1.55. The van der Waals surface area contributed by atoms with Gasteiger partial charge in [0.2, 0.25) is 5.91 Å². The third kappa shape index (κ3) is 3.96. The predicted octanol–water partition coefficient (Wildman–Crippen LogP) is 2.64. The van der Waals surface area contributed by atoms with Crippen LogP contribution in [0.4, 0.5) is 5.69 Å². The molecule has 1 N–H and O–H groups in total. The van der Waals surface area contributed by atoms with E-state index in [-0.39, 0.29) is 5.91 Å². The lowest BCUT2D eigenvalue weighted by Crippen LogP contribution is -2.15. The van der Waals surface area contributed by atoms with E-state index in [2.05, 4.69) is 27.5 Å². The van der Waals surface area contributed by atoms with Gasteiger partial charge >= 0.3 is 0 Å². The lowest BCUT2D eigenvalue weighted by atomic mass is 10.2. The Morgan fingerprint density at radius 1 is 1.12 bits per heavy atom. The van der Waals surface area contributed by atoms with Crippen molar-refractivity contribution in [3.05, 3.63) is 46.8 Å². The molecule has 3 heterocycles. The molecule has 0 fully saturated rings. The van der Waals surface area contributed by atoms with Crippen LogP contribution in [0.2, 0.25) is 5.02 Å². The van der Waals surface area contributed by atoms with Crippen LogP contribution in [0.3, 0.4) is 0 Å². The summed E-state index contributed by atoms with van der Waals surface area (Å²) >= 11 is 5.96. The number of carbonyl (C=O) groups is 1. The first-order valence-corrected chi connectivity index (χ1v) is 8.87. The number of carbonyl (C=O) groups excluding carboxylic acids is 1. The van der Waals surface area contributed by atoms with Gasteiger partial charge in [-0.25, -0.2) is 0 Å². The highest BCUT2D eigenvalue weighted by Gasteiger charge is 2.10. The Hall–Kier alpha value is -2.61. The first-order valence-electron chi connectivity index (χ1n) is 8.49. The second-order valence-corrected chi connectivity index (χ2v) is 6.50. The first-order chi connectivity index (χ1) is 12.5. The van der Waals surface area contributed by atoms with Crippen molar-refractivity contribution in [2.75, 3.05) is 5.32 Å². The number of nitrogens with zero attached hydrogens (tertiary/aromatic N) is 6. The molecule has 0 radical (unpaired) electrons. The molecule has 0 aromatic carbocycles. The number of hydrogen-bond donors (Lipinski definition) is 1. The monoisotopic (exact) mass is 375 g/mol. The van der Waals surface area contributed by atoms with E-state index in [1.807, 2.05) is 30.9 Å². The van der Waals surface area contributed by atoms with Crippen LogP contribution in [0, 0.1) is 13.8 Å². The second kappa shape index (κ2) is 7.74. The minimum absolute atomic E-state index is 0.0921. The van der Waals surface area contributed by atoms with Crippen molar-refractivity contribution in [3.63, 3.8) is 0 Å². The van der Waals surface area contributed by atoms with E-state index in [1.54, 1.807) is 21.8 Å². The summed E-state index contributed by atoms with van der Waals surface area (Å²) in [6, 6.07) is 0. The number of amides is 1. The lowest BCUT2D eigenvalue weighted by Gasteiger charge is -2.05. The topological polar surface area (TPSA) is 82.6 Å². The standard InChI is InChI=1S/C17H22ClN7O/c1-4-24-12(2)14(7-20-24)10-23-11-15(8-19-23)22-17(26)5-6-25-13(3)16(18)9-21-25/h7-9,11H,4-6,10H2,1-3H3,(H,22,26). The fourth-order valence-electron chi connectivity index (χ4n) is 2.73. The van der Waals surface area contributed by atoms with Gasteiger partial charge in [0, 0.05) is 30.4 Å². The minimum atomic E-state index is -0.0921. The Kier molecular flexibility index (Phi) is 5.41. The molecule has 138 valence electrons. The van der Waals surface area contributed by atoms with E-state index in [0.717, 1.165) is 23.5 Å². The summed E-state index contributed by atoms with van der Waals surface area (Å²) in [5.41, 5.74) is 3.77. The molecule has 0 aliphatic carbocycles. The molecule has 0 aliphatic heterocycles. The maximum absolute atomic E-state index is 12.1. The average molecular weight is 376 g/mol. The van der Waals surface area contributed by atoms with Crippen LogP contribution in [0.1, 0.15) is 30.3 Å². The smallest absolute Gasteiger partial charge is 0.226 e. The molecular formula is C17H22ClN7O. The van der Waals surface area contributed by atoms with Gasteiger partial charge in [0.05, 0.1) is 48.1 Å². The molecule has 9 heteroatoms. The van der Waals surface area contributed by atoms with Gasteiger partial charge in [0.15, 0.2) is 0 Å². The summed E-state index contributed by atoms with van der Waals surface area (Å²) in [7, 11) is 0. The van der Waals surface area contributed by atoms with Gasteiger partial charge in [-0.05, 0) is 20.8 Å². The molecule has 3 rings (SSSR count). The molecule has 0 bridgehead atoms. The van der Waals surface area contributed by atoms with Gasteiger partial charge in [0.25, 0.3) is 0 Å². The van der Waals surface area contributed by atoms with Crippen molar-refractivity contribution < 1.29 is 4.79 Å². The average Bonchev–Trinajstić information content (AvgIpc) is 3.29. The Labute approximate surface area is 156 Å². The largest absolute Gasteiger partial charge is 0.323 e. The number of anilines is 1. The van der Waals surface area contributed by atoms with Crippen molar-refractivity contribution in [2.45, 2.75) is 46.8 Å². The highest BCUT2D eigenvalue weighted by Crippen LogP contribution is 2.14. The molecule has 0 saturated heterocycles. The van der Waals surface area contributed by atoms with Crippen molar-refractivity contribution in [2.24, 2.45) is 0 Å². The van der Waals surface area contributed by atoms with Crippen LogP contribution in [-0.4, -0.2) is 35.2 Å². The molecule has 3 aromatic heterocycles. The molecule has 1 amide bonds. The third-order valence-electron chi connectivity index (χ3n) is 4.35. The molecule has 26 heavy (non-hydrogen) atoms. The zero-order chi connectivity index (χ0) is 18.7. The highest BCUT2D eigenvalue weighted by molar-refractivity contribution is 6.31. The van der Waals surface area contributed by atoms with Crippen LogP contribution >= 0.6 is 11.6 Å². The summed E-state index contributed by atoms with van der Waals surface area (Å²) in [5.74, 6) is -0.0921. The number of aryl methyl sites for hydroxylation is 2. The molecule has 0 aliphatic rings. The zero-order valence-electron chi connectivity index (χ0n) is 15.1. The van der Waals surface area contributed by atoms with Gasteiger partial charge in [-0.15, -0.1) is 0 Å². The molecule has 8 nitrogen and oxygen atoms in total. The van der Waals surface area contributed by atoms with Gasteiger partial charge in [0.1, 0.15) is 0 Å². The van der Waals surface area contributed by atoms with Crippen molar-refractivity contribution in [1.29, 1.82) is 0 Å². The van der Waals surface area contributed by atoms with E-state index in [1.165, 1.54) is 0 Å². The van der Waals surface area contributed by atoms with Crippen LogP contribution in [0.25, 0.3) is 0 Å². The molecule has 3 aromatic rings. The van der Waals surface area contributed by atoms with Gasteiger partial charge in [-0.3, -0.25) is 18.8 Å². The molecule has 0 atom stereocenters. The van der Waals surface area contributed by atoms with Gasteiger partial charge in [-0.2, -0.15) is 15.3 Å². The zero-order valence-corrected chi connectivity index (χ0v) is 15.9. The minimum Gasteiger partial charge on any atom is -0.323 e. The Morgan fingerprint density at radius 3 is 2.54 bits per heavy atom. The van der Waals surface area contributed by atoms with Crippen LogP contribution in [0.15, 0.2) is 24.8 Å². The number of halogens is 1. The summed E-state index contributed by atoms with van der Waals surface area (Å²) in [4.78, 5) is 12.1. The van der Waals surface area contributed by atoms with Crippen LogP contribution in [-0.2, 0) is 24.4 Å². The van der Waals surface area contributed by atoms with E-state index in [0.29, 0.717) is 30.2 Å². The van der Waals surface area contributed by atoms with E-state index < -0.39 is 0 Å². The highest BCUT2D eigenvalue weighted by atomic mass is 35.5. The normalized spacial score (nSPS) is 11.1. The van der Waals surface area contributed by atoms with Gasteiger partial charge < -0.3 is 5.32 Å². The SMILES string of the molecule is CCn1ncc(Cn2cc(NC(=O)CCn3ncc(Cl)c3C)cn2)c1C. The van der Waals surface area contributed by atoms with E-state index in [4.69, 9.17) is 11.6 Å². The number of rotatable bonds is 7.